The third-order valence-electron chi connectivity index (χ3n) is 1.89. The van der Waals surface area contributed by atoms with Crippen LogP contribution in [-0.2, 0) is 6.61 Å². The van der Waals surface area contributed by atoms with Crippen molar-refractivity contribution in [2.75, 3.05) is 0 Å². The van der Waals surface area contributed by atoms with Crippen LogP contribution in [0.25, 0.3) is 0 Å². The summed E-state index contributed by atoms with van der Waals surface area (Å²) in [5, 5.41) is 16.8. The van der Waals surface area contributed by atoms with E-state index in [1.54, 1.807) is 6.20 Å². The van der Waals surface area contributed by atoms with Gasteiger partial charge in [-0.1, -0.05) is 0 Å². The Morgan fingerprint density at radius 1 is 1.38 bits per heavy atom. The van der Waals surface area contributed by atoms with Gasteiger partial charge in [0.2, 0.25) is 5.16 Å². The molecule has 2 aromatic rings. The minimum absolute atomic E-state index is 0.144. The zero-order chi connectivity index (χ0) is 11.5. The van der Waals surface area contributed by atoms with Crippen LogP contribution < -0.4 is 0 Å². The summed E-state index contributed by atoms with van der Waals surface area (Å²) < 4.78 is 0. The van der Waals surface area contributed by atoms with Crippen molar-refractivity contribution in [2.45, 2.75) is 30.6 Å². The topological polar surface area (TPSA) is 87.6 Å². The van der Waals surface area contributed by atoms with Crippen LogP contribution in [0, 0.1) is 13.8 Å². The van der Waals surface area contributed by atoms with Crippen molar-refractivity contribution in [3.63, 3.8) is 0 Å². The first-order chi connectivity index (χ1) is 7.69. The number of hydrogen-bond donors (Lipinski definition) is 2. The highest BCUT2D eigenvalue weighted by molar-refractivity contribution is 7.99. The fourth-order valence-electron chi connectivity index (χ4n) is 1.09. The predicted molar refractivity (Wildman–Crippen MR) is 57.9 cm³/mol. The molecule has 0 aliphatic heterocycles. The summed E-state index contributed by atoms with van der Waals surface area (Å²) in [4.78, 5) is 12.5. The molecule has 84 valence electrons. The number of hydrogen-bond acceptors (Lipinski definition) is 6. The Morgan fingerprint density at radius 2 is 2.19 bits per heavy atom. The summed E-state index contributed by atoms with van der Waals surface area (Å²) in [5.41, 5.74) is 0.978. The second kappa shape index (κ2) is 4.58. The van der Waals surface area contributed by atoms with Gasteiger partial charge in [-0.2, -0.15) is 0 Å². The van der Waals surface area contributed by atoms with Gasteiger partial charge in [0.05, 0.1) is 0 Å². The van der Waals surface area contributed by atoms with Gasteiger partial charge in [-0.05, 0) is 25.6 Å². The molecule has 0 saturated heterocycles. The minimum Gasteiger partial charge on any atom is -0.388 e. The molecule has 16 heavy (non-hydrogen) atoms. The van der Waals surface area contributed by atoms with E-state index < -0.39 is 0 Å². The van der Waals surface area contributed by atoms with Crippen LogP contribution in [0.4, 0.5) is 0 Å². The van der Waals surface area contributed by atoms with Gasteiger partial charge >= 0.3 is 0 Å². The van der Waals surface area contributed by atoms with Gasteiger partial charge in [0, 0.05) is 11.8 Å². The zero-order valence-corrected chi connectivity index (χ0v) is 9.75. The lowest BCUT2D eigenvalue weighted by Gasteiger charge is -2.01. The number of aliphatic hydroxyl groups excluding tert-OH is 1. The molecule has 0 saturated carbocycles. The van der Waals surface area contributed by atoms with E-state index in [4.69, 9.17) is 5.11 Å². The first kappa shape index (κ1) is 11.0. The number of aryl methyl sites for hydroxylation is 2. The van der Waals surface area contributed by atoms with Gasteiger partial charge in [-0.3, -0.25) is 5.10 Å². The normalized spacial score (nSPS) is 10.7. The van der Waals surface area contributed by atoms with Crippen molar-refractivity contribution >= 4 is 11.8 Å². The maximum Gasteiger partial charge on any atom is 0.214 e. The van der Waals surface area contributed by atoms with E-state index in [-0.39, 0.29) is 6.61 Å². The molecule has 0 fully saturated rings. The Balaban J connectivity index is 2.22. The molecule has 2 heterocycles. The van der Waals surface area contributed by atoms with Crippen LogP contribution in [-0.4, -0.2) is 30.3 Å². The second-order valence-electron chi connectivity index (χ2n) is 3.23. The Labute approximate surface area is 96.6 Å². The van der Waals surface area contributed by atoms with Crippen molar-refractivity contribution < 1.29 is 5.11 Å². The predicted octanol–water partition coefficient (Wildman–Crippen LogP) is 0.855. The molecule has 6 nitrogen and oxygen atoms in total. The monoisotopic (exact) mass is 237 g/mol. The Kier molecular flexibility index (Phi) is 3.16. The molecule has 2 N–H and O–H groups in total. The van der Waals surface area contributed by atoms with Crippen LogP contribution in [0.15, 0.2) is 16.4 Å². The summed E-state index contributed by atoms with van der Waals surface area (Å²) in [6.45, 7) is 3.62. The van der Waals surface area contributed by atoms with Gasteiger partial charge in [0.25, 0.3) is 0 Å². The summed E-state index contributed by atoms with van der Waals surface area (Å²) in [6, 6.07) is 0. The van der Waals surface area contributed by atoms with E-state index >= 15 is 0 Å². The largest absolute Gasteiger partial charge is 0.388 e. The Hall–Kier alpha value is -1.47. The lowest BCUT2D eigenvalue weighted by Crippen LogP contribution is -1.93. The number of H-pyrrole nitrogens is 1. The number of nitrogens with one attached hydrogen (secondary N) is 1. The molecule has 0 amide bonds. The molecule has 0 aliphatic rings. The van der Waals surface area contributed by atoms with Gasteiger partial charge in [0.15, 0.2) is 5.82 Å². The zero-order valence-electron chi connectivity index (χ0n) is 8.93. The summed E-state index contributed by atoms with van der Waals surface area (Å²) in [7, 11) is 0. The maximum atomic E-state index is 8.85. The average molecular weight is 237 g/mol. The fourth-order valence-corrected chi connectivity index (χ4v) is 1.90. The van der Waals surface area contributed by atoms with Crippen LogP contribution in [0.2, 0.25) is 0 Å². The van der Waals surface area contributed by atoms with Gasteiger partial charge in [0.1, 0.15) is 17.5 Å². The first-order valence-electron chi connectivity index (χ1n) is 4.69. The molecular formula is C9H11N5OS. The van der Waals surface area contributed by atoms with E-state index in [2.05, 4.69) is 25.1 Å². The van der Waals surface area contributed by atoms with E-state index in [1.165, 1.54) is 11.8 Å². The molecule has 0 aromatic carbocycles. The smallest absolute Gasteiger partial charge is 0.214 e. The number of aliphatic hydroxyl groups is 1. The number of aromatic nitrogens is 5. The second-order valence-corrected chi connectivity index (χ2v) is 4.19. The molecule has 7 heteroatoms. The lowest BCUT2D eigenvalue weighted by atomic mass is 10.4. The van der Waals surface area contributed by atoms with Crippen molar-refractivity contribution in [3.8, 4) is 0 Å². The van der Waals surface area contributed by atoms with Crippen molar-refractivity contribution in [3.05, 3.63) is 23.4 Å². The minimum atomic E-state index is -0.144. The van der Waals surface area contributed by atoms with Crippen LogP contribution in [0.5, 0.6) is 0 Å². The molecule has 0 bridgehead atoms. The van der Waals surface area contributed by atoms with E-state index in [0.717, 1.165) is 10.6 Å². The van der Waals surface area contributed by atoms with Gasteiger partial charge in [-0.15, -0.1) is 5.10 Å². The Morgan fingerprint density at radius 3 is 2.88 bits per heavy atom. The number of rotatable bonds is 3. The van der Waals surface area contributed by atoms with E-state index in [1.807, 2.05) is 13.8 Å². The maximum absolute atomic E-state index is 8.85. The highest BCUT2D eigenvalue weighted by Crippen LogP contribution is 2.25. The molecule has 0 atom stereocenters. The fraction of sp³-hybridized carbons (Fsp3) is 0.333. The quantitative estimate of drug-likeness (QED) is 0.770. The highest BCUT2D eigenvalue weighted by atomic mass is 32.2. The average Bonchev–Trinajstić information content (AvgIpc) is 2.71. The van der Waals surface area contributed by atoms with Gasteiger partial charge in [-0.25, -0.2) is 15.0 Å². The molecule has 0 aliphatic carbocycles. The van der Waals surface area contributed by atoms with Gasteiger partial charge < -0.3 is 5.11 Å². The van der Waals surface area contributed by atoms with Crippen LogP contribution in [0.3, 0.4) is 0 Å². The third-order valence-corrected chi connectivity index (χ3v) is 2.87. The van der Waals surface area contributed by atoms with Crippen molar-refractivity contribution in [2.24, 2.45) is 0 Å². The summed E-state index contributed by atoms with van der Waals surface area (Å²) >= 11 is 1.35. The summed E-state index contributed by atoms with van der Waals surface area (Å²) in [5.74, 6) is 1.16. The third kappa shape index (κ3) is 2.37. The standard InChI is InChI=1S/C9H11N5OS/c1-5-3-10-6(2)11-8(5)16-9-12-7(4-15)13-14-9/h3,15H,4H2,1-2H3,(H,12,13,14). The first-order valence-corrected chi connectivity index (χ1v) is 5.51. The van der Waals surface area contributed by atoms with Crippen LogP contribution in [0.1, 0.15) is 17.2 Å². The summed E-state index contributed by atoms with van der Waals surface area (Å²) in [6.07, 6.45) is 1.77. The SMILES string of the molecule is Cc1ncc(C)c(Sc2n[nH]c(CO)n2)n1. The highest BCUT2D eigenvalue weighted by Gasteiger charge is 2.08. The molecule has 2 rings (SSSR count). The van der Waals surface area contributed by atoms with E-state index in [9.17, 15) is 0 Å². The van der Waals surface area contributed by atoms with Crippen LogP contribution >= 0.6 is 11.8 Å². The Bertz CT molecular complexity index is 498. The van der Waals surface area contributed by atoms with Crippen molar-refractivity contribution in [1.29, 1.82) is 0 Å². The van der Waals surface area contributed by atoms with Crippen molar-refractivity contribution in [1.82, 2.24) is 25.1 Å². The number of aromatic amines is 1. The number of nitrogens with zero attached hydrogens (tertiary/aromatic N) is 4. The molecular weight excluding hydrogens is 226 g/mol. The lowest BCUT2D eigenvalue weighted by molar-refractivity contribution is 0.271. The molecule has 0 unspecified atom stereocenters. The molecule has 0 radical (unpaired) electrons. The molecule has 0 spiro atoms. The van der Waals surface area contributed by atoms with E-state index in [0.29, 0.717) is 16.8 Å². The molecule has 2 aromatic heterocycles.